The lowest BCUT2D eigenvalue weighted by molar-refractivity contribution is -0.137. The van der Waals surface area contributed by atoms with Gasteiger partial charge in [0.15, 0.2) is 0 Å². The van der Waals surface area contributed by atoms with Crippen molar-refractivity contribution < 1.29 is 9.90 Å². The van der Waals surface area contributed by atoms with E-state index in [-0.39, 0.29) is 24.9 Å². The lowest BCUT2D eigenvalue weighted by Crippen LogP contribution is -2.26. The number of halogens is 2. The molecule has 0 radical (unpaired) electrons. The predicted octanol–water partition coefficient (Wildman–Crippen LogP) is 2.11. The Morgan fingerprint density at radius 1 is 1.47 bits per heavy atom. The highest BCUT2D eigenvalue weighted by Crippen LogP contribution is 2.16. The maximum atomic E-state index is 10.4. The first-order chi connectivity index (χ1) is 6.59. The van der Waals surface area contributed by atoms with Crippen molar-refractivity contribution in [3.63, 3.8) is 0 Å². The Morgan fingerprint density at radius 2 is 2.07 bits per heavy atom. The third-order valence-corrected chi connectivity index (χ3v) is 2.25. The fourth-order valence-corrected chi connectivity index (χ4v) is 1.46. The molecule has 84 valence electrons. The number of hydrogen-bond donors (Lipinski definition) is 2. The van der Waals surface area contributed by atoms with Crippen LogP contribution in [0.15, 0.2) is 24.3 Å². The predicted molar refractivity (Wildman–Crippen MR) is 62.6 cm³/mol. The number of hydrogen-bond acceptors (Lipinski definition) is 2. The molecule has 0 aliphatic rings. The number of carbonyl (C=O) groups is 1. The summed E-state index contributed by atoms with van der Waals surface area (Å²) in [5.74, 6) is -0.885. The summed E-state index contributed by atoms with van der Waals surface area (Å²) < 4.78 is 0. The lowest BCUT2D eigenvalue weighted by atomic mass is 10.0. The van der Waals surface area contributed by atoms with E-state index < -0.39 is 5.97 Å². The molecule has 1 aromatic carbocycles. The van der Waals surface area contributed by atoms with E-state index in [2.05, 4.69) is 0 Å². The van der Waals surface area contributed by atoms with Crippen molar-refractivity contribution in [2.24, 2.45) is 5.73 Å². The van der Waals surface area contributed by atoms with E-state index in [1.807, 2.05) is 18.2 Å². The topological polar surface area (TPSA) is 63.3 Å². The summed E-state index contributed by atoms with van der Waals surface area (Å²) in [6.45, 7) is 0. The summed E-state index contributed by atoms with van der Waals surface area (Å²) in [7, 11) is 0. The maximum Gasteiger partial charge on any atom is 0.304 e. The first kappa shape index (κ1) is 14.2. The molecule has 0 saturated carbocycles. The van der Waals surface area contributed by atoms with Crippen molar-refractivity contribution >= 4 is 30.0 Å². The number of carboxylic acid groups (broad SMARTS) is 1. The molecule has 0 aliphatic carbocycles. The van der Waals surface area contributed by atoms with Gasteiger partial charge in [0.1, 0.15) is 0 Å². The molecule has 0 aliphatic heterocycles. The molecule has 0 amide bonds. The smallest absolute Gasteiger partial charge is 0.304 e. The van der Waals surface area contributed by atoms with Crippen LogP contribution in [-0.4, -0.2) is 17.1 Å². The van der Waals surface area contributed by atoms with Crippen molar-refractivity contribution in [3.05, 3.63) is 34.9 Å². The minimum absolute atomic E-state index is 0. The zero-order valence-corrected chi connectivity index (χ0v) is 9.59. The first-order valence-corrected chi connectivity index (χ1v) is 4.68. The Hall–Kier alpha value is -0.770. The fourth-order valence-electron chi connectivity index (χ4n) is 1.24. The van der Waals surface area contributed by atoms with Gasteiger partial charge < -0.3 is 10.8 Å². The van der Waals surface area contributed by atoms with Gasteiger partial charge in [-0.15, -0.1) is 12.4 Å². The molecule has 0 saturated heterocycles. The zero-order chi connectivity index (χ0) is 10.6. The third kappa shape index (κ3) is 5.02. The average molecular weight is 250 g/mol. The van der Waals surface area contributed by atoms with Gasteiger partial charge in [-0.25, -0.2) is 0 Å². The standard InChI is InChI=1S/C10H12ClNO2.ClH/c11-9-4-2-1-3-7(9)5-8(12)6-10(13)14;/h1-4,8H,5-6,12H2,(H,13,14);1H. The monoisotopic (exact) mass is 249 g/mol. The lowest BCUT2D eigenvalue weighted by Gasteiger charge is -2.09. The highest BCUT2D eigenvalue weighted by molar-refractivity contribution is 6.31. The van der Waals surface area contributed by atoms with Crippen molar-refractivity contribution in [3.8, 4) is 0 Å². The summed E-state index contributed by atoms with van der Waals surface area (Å²) in [6, 6.07) is 6.92. The summed E-state index contributed by atoms with van der Waals surface area (Å²) in [5, 5.41) is 9.15. The number of nitrogens with two attached hydrogens (primary N) is 1. The minimum atomic E-state index is -0.885. The summed E-state index contributed by atoms with van der Waals surface area (Å²) >= 11 is 5.90. The normalized spacial score (nSPS) is 11.6. The second-order valence-electron chi connectivity index (χ2n) is 3.15. The summed E-state index contributed by atoms with van der Waals surface area (Å²) in [5.41, 5.74) is 6.53. The molecule has 1 rings (SSSR count). The van der Waals surface area contributed by atoms with Crippen LogP contribution in [0.2, 0.25) is 5.02 Å². The molecule has 3 nitrogen and oxygen atoms in total. The zero-order valence-electron chi connectivity index (χ0n) is 8.02. The van der Waals surface area contributed by atoms with E-state index in [0.717, 1.165) is 5.56 Å². The molecule has 1 aromatic rings. The fraction of sp³-hybridized carbons (Fsp3) is 0.300. The summed E-state index contributed by atoms with van der Waals surface area (Å²) in [6.07, 6.45) is 0.456. The van der Waals surface area contributed by atoms with Gasteiger partial charge in [-0.05, 0) is 18.1 Å². The van der Waals surface area contributed by atoms with E-state index in [0.29, 0.717) is 11.4 Å². The van der Waals surface area contributed by atoms with Crippen LogP contribution in [0, 0.1) is 0 Å². The van der Waals surface area contributed by atoms with Crippen LogP contribution in [0.1, 0.15) is 12.0 Å². The van der Waals surface area contributed by atoms with Gasteiger partial charge in [0, 0.05) is 11.1 Å². The van der Waals surface area contributed by atoms with Gasteiger partial charge >= 0.3 is 5.97 Å². The van der Waals surface area contributed by atoms with Gasteiger partial charge in [0.25, 0.3) is 0 Å². The second kappa shape index (κ2) is 6.67. The first-order valence-electron chi connectivity index (χ1n) is 4.30. The highest BCUT2D eigenvalue weighted by Gasteiger charge is 2.10. The summed E-state index contributed by atoms with van der Waals surface area (Å²) in [4.78, 5) is 10.4. The van der Waals surface area contributed by atoms with Crippen LogP contribution in [0.5, 0.6) is 0 Å². The molecule has 0 heterocycles. The van der Waals surface area contributed by atoms with Crippen LogP contribution in [0.3, 0.4) is 0 Å². The quantitative estimate of drug-likeness (QED) is 0.860. The molecule has 3 N–H and O–H groups in total. The molecule has 5 heteroatoms. The number of carboxylic acids is 1. The van der Waals surface area contributed by atoms with Crippen LogP contribution in [0.25, 0.3) is 0 Å². The number of aliphatic carboxylic acids is 1. The van der Waals surface area contributed by atoms with E-state index in [4.69, 9.17) is 22.4 Å². The molecular formula is C10H13Cl2NO2. The van der Waals surface area contributed by atoms with E-state index in [1.165, 1.54) is 0 Å². The SMILES string of the molecule is Cl.NC(CC(=O)O)Cc1ccccc1Cl. The van der Waals surface area contributed by atoms with Gasteiger partial charge in [-0.2, -0.15) is 0 Å². The minimum Gasteiger partial charge on any atom is -0.481 e. The van der Waals surface area contributed by atoms with Gasteiger partial charge in [0.05, 0.1) is 6.42 Å². The van der Waals surface area contributed by atoms with Crippen molar-refractivity contribution in [1.82, 2.24) is 0 Å². The van der Waals surface area contributed by atoms with Crippen LogP contribution < -0.4 is 5.73 Å². The third-order valence-electron chi connectivity index (χ3n) is 1.88. The molecule has 0 aromatic heterocycles. The highest BCUT2D eigenvalue weighted by atomic mass is 35.5. The Morgan fingerprint density at radius 3 is 2.60 bits per heavy atom. The van der Waals surface area contributed by atoms with Gasteiger partial charge in [0.2, 0.25) is 0 Å². The second-order valence-corrected chi connectivity index (χ2v) is 3.56. The molecule has 0 bridgehead atoms. The molecule has 1 atom stereocenters. The largest absolute Gasteiger partial charge is 0.481 e. The molecule has 0 fully saturated rings. The average Bonchev–Trinajstić information content (AvgIpc) is 2.07. The van der Waals surface area contributed by atoms with E-state index in [1.54, 1.807) is 6.07 Å². The Balaban J connectivity index is 0.00000196. The van der Waals surface area contributed by atoms with Crippen LogP contribution >= 0.6 is 24.0 Å². The van der Waals surface area contributed by atoms with E-state index >= 15 is 0 Å². The number of benzene rings is 1. The van der Waals surface area contributed by atoms with Gasteiger partial charge in [-0.3, -0.25) is 4.79 Å². The Kier molecular flexibility index (Phi) is 6.32. The van der Waals surface area contributed by atoms with Crippen LogP contribution in [-0.2, 0) is 11.2 Å². The molecular weight excluding hydrogens is 237 g/mol. The van der Waals surface area contributed by atoms with Crippen molar-refractivity contribution in [1.29, 1.82) is 0 Å². The van der Waals surface area contributed by atoms with Crippen LogP contribution in [0.4, 0.5) is 0 Å². The van der Waals surface area contributed by atoms with E-state index in [9.17, 15) is 4.79 Å². The maximum absolute atomic E-state index is 10.4. The molecule has 1 unspecified atom stereocenters. The Bertz CT molecular complexity index is 331. The molecule has 15 heavy (non-hydrogen) atoms. The number of rotatable bonds is 4. The van der Waals surface area contributed by atoms with Crippen molar-refractivity contribution in [2.45, 2.75) is 18.9 Å². The Labute approximate surface area is 99.6 Å². The molecule has 0 spiro atoms. The van der Waals surface area contributed by atoms with Gasteiger partial charge in [-0.1, -0.05) is 29.8 Å². The van der Waals surface area contributed by atoms with Crippen molar-refractivity contribution in [2.75, 3.05) is 0 Å².